The number of para-hydroxylation sites is 1. The fourth-order valence-electron chi connectivity index (χ4n) is 3.09. The molecular weight excluding hydrogens is 443 g/mol. The Labute approximate surface area is 182 Å². The normalized spacial score (nSPS) is 11.8. The molecule has 0 unspecified atom stereocenters. The summed E-state index contributed by atoms with van der Waals surface area (Å²) in [5.74, 6) is -0.908. The standard InChI is InChI=1S/C23H18F3NO4S/c1-15-7-2-3-10-18(15)22(29)27-20-12-5-4-11-19(20)21(28)14-16-8-6-9-17(13-16)32(30,31)23(24,25)26/h2-13H,14H2,1H3,(H,27,29). The number of ketones is 1. The number of anilines is 1. The highest BCUT2D eigenvalue weighted by atomic mass is 32.2. The molecule has 0 fully saturated rings. The molecule has 0 bridgehead atoms. The van der Waals surface area contributed by atoms with Crippen molar-refractivity contribution in [1.29, 1.82) is 0 Å². The van der Waals surface area contributed by atoms with Crippen molar-refractivity contribution in [3.63, 3.8) is 0 Å². The molecule has 0 aliphatic carbocycles. The lowest BCUT2D eigenvalue weighted by molar-refractivity contribution is -0.0436. The highest BCUT2D eigenvalue weighted by Crippen LogP contribution is 2.30. The Kier molecular flexibility index (Phi) is 6.50. The van der Waals surface area contributed by atoms with E-state index in [1.165, 1.54) is 18.2 Å². The fourth-order valence-corrected chi connectivity index (χ4v) is 3.92. The molecule has 0 atom stereocenters. The zero-order valence-corrected chi connectivity index (χ0v) is 17.6. The van der Waals surface area contributed by atoms with E-state index in [4.69, 9.17) is 0 Å². The number of hydrogen-bond donors (Lipinski definition) is 1. The van der Waals surface area contributed by atoms with Crippen LogP contribution < -0.4 is 5.32 Å². The van der Waals surface area contributed by atoms with E-state index in [1.54, 1.807) is 43.3 Å². The maximum atomic E-state index is 12.9. The van der Waals surface area contributed by atoms with Crippen molar-refractivity contribution in [2.45, 2.75) is 23.7 Å². The number of hydrogen-bond acceptors (Lipinski definition) is 4. The summed E-state index contributed by atoms with van der Waals surface area (Å²) in [6.07, 6.45) is -0.349. The van der Waals surface area contributed by atoms with Crippen molar-refractivity contribution in [2.24, 2.45) is 0 Å². The molecule has 0 aromatic heterocycles. The molecule has 1 amide bonds. The molecule has 1 N–H and O–H groups in total. The van der Waals surface area contributed by atoms with Gasteiger partial charge in [0, 0.05) is 17.5 Å². The fraction of sp³-hybridized carbons (Fsp3) is 0.130. The molecular formula is C23H18F3NO4S. The largest absolute Gasteiger partial charge is 0.501 e. The van der Waals surface area contributed by atoms with Gasteiger partial charge in [-0.1, -0.05) is 42.5 Å². The molecule has 0 saturated carbocycles. The lowest BCUT2D eigenvalue weighted by atomic mass is 10.0. The van der Waals surface area contributed by atoms with Gasteiger partial charge in [-0.2, -0.15) is 13.2 Å². The first-order valence-corrected chi connectivity index (χ1v) is 10.9. The Morgan fingerprint density at radius 3 is 2.16 bits per heavy atom. The van der Waals surface area contributed by atoms with Gasteiger partial charge >= 0.3 is 5.51 Å². The number of Topliss-reactive ketones (excluding diaryl/α,β-unsaturated/α-hetero) is 1. The molecule has 3 aromatic carbocycles. The minimum atomic E-state index is -5.53. The maximum absolute atomic E-state index is 12.9. The van der Waals surface area contributed by atoms with E-state index in [1.807, 2.05) is 0 Å². The molecule has 166 valence electrons. The van der Waals surface area contributed by atoms with Crippen LogP contribution in [-0.2, 0) is 16.3 Å². The molecule has 0 spiro atoms. The monoisotopic (exact) mass is 461 g/mol. The number of halogens is 3. The van der Waals surface area contributed by atoms with E-state index >= 15 is 0 Å². The Morgan fingerprint density at radius 2 is 1.50 bits per heavy atom. The summed E-state index contributed by atoms with van der Waals surface area (Å²) in [5, 5.41) is 2.69. The molecule has 9 heteroatoms. The first kappa shape index (κ1) is 23.2. The van der Waals surface area contributed by atoms with Gasteiger partial charge in [-0.15, -0.1) is 0 Å². The van der Waals surface area contributed by atoms with Gasteiger partial charge in [0.1, 0.15) is 0 Å². The van der Waals surface area contributed by atoms with E-state index in [9.17, 15) is 31.2 Å². The number of rotatable bonds is 6. The number of nitrogens with one attached hydrogen (secondary N) is 1. The number of carbonyl (C=O) groups excluding carboxylic acids is 2. The summed E-state index contributed by atoms with van der Waals surface area (Å²) < 4.78 is 61.8. The number of carbonyl (C=O) groups is 2. The minimum absolute atomic E-state index is 0.0976. The molecule has 0 heterocycles. The summed E-state index contributed by atoms with van der Waals surface area (Å²) in [6.45, 7) is 1.77. The van der Waals surface area contributed by atoms with Gasteiger partial charge < -0.3 is 5.32 Å². The van der Waals surface area contributed by atoms with Gasteiger partial charge in [-0.05, 0) is 48.4 Å². The van der Waals surface area contributed by atoms with Crippen molar-refractivity contribution < 1.29 is 31.2 Å². The quantitative estimate of drug-likeness (QED) is 0.526. The van der Waals surface area contributed by atoms with E-state index in [-0.39, 0.29) is 23.2 Å². The van der Waals surface area contributed by atoms with Crippen molar-refractivity contribution >= 4 is 27.2 Å². The second-order valence-electron chi connectivity index (χ2n) is 7.01. The molecule has 3 aromatic rings. The zero-order chi connectivity index (χ0) is 23.5. The van der Waals surface area contributed by atoms with Gasteiger partial charge in [-0.25, -0.2) is 8.42 Å². The highest BCUT2D eigenvalue weighted by Gasteiger charge is 2.46. The molecule has 0 aliphatic heterocycles. The van der Waals surface area contributed by atoms with Crippen LogP contribution in [0, 0.1) is 6.92 Å². The van der Waals surface area contributed by atoms with E-state index in [2.05, 4.69) is 5.32 Å². The Hall–Kier alpha value is -3.46. The van der Waals surface area contributed by atoms with Crippen LogP contribution in [0.1, 0.15) is 31.8 Å². The van der Waals surface area contributed by atoms with Gasteiger partial charge in [0.2, 0.25) is 0 Å². The number of sulfone groups is 1. The third-order valence-electron chi connectivity index (χ3n) is 4.74. The highest BCUT2D eigenvalue weighted by molar-refractivity contribution is 7.92. The minimum Gasteiger partial charge on any atom is -0.321 e. The topological polar surface area (TPSA) is 80.3 Å². The summed E-state index contributed by atoms with van der Waals surface area (Å²) in [4.78, 5) is 24.5. The van der Waals surface area contributed by atoms with E-state index in [0.717, 1.165) is 23.8 Å². The van der Waals surface area contributed by atoms with Crippen molar-refractivity contribution in [3.8, 4) is 0 Å². The van der Waals surface area contributed by atoms with Crippen molar-refractivity contribution in [3.05, 3.63) is 95.1 Å². The predicted octanol–water partition coefficient (Wildman–Crippen LogP) is 4.97. The first-order chi connectivity index (χ1) is 15.0. The summed E-state index contributed by atoms with van der Waals surface area (Å²) in [5.41, 5.74) is -3.78. The van der Waals surface area contributed by atoms with Crippen LogP contribution in [0.3, 0.4) is 0 Å². The maximum Gasteiger partial charge on any atom is 0.501 e. The van der Waals surface area contributed by atoms with Gasteiger partial charge in [0.05, 0.1) is 10.6 Å². The molecule has 3 rings (SSSR count). The zero-order valence-electron chi connectivity index (χ0n) is 16.8. The second-order valence-corrected chi connectivity index (χ2v) is 8.95. The van der Waals surface area contributed by atoms with Crippen LogP contribution in [0.4, 0.5) is 18.9 Å². The third kappa shape index (κ3) is 4.88. The van der Waals surface area contributed by atoms with Gasteiger partial charge in [0.25, 0.3) is 15.7 Å². The second kappa shape index (κ2) is 8.96. The van der Waals surface area contributed by atoms with Crippen LogP contribution in [0.25, 0.3) is 0 Å². The van der Waals surface area contributed by atoms with Gasteiger partial charge in [0.15, 0.2) is 5.78 Å². The predicted molar refractivity (Wildman–Crippen MR) is 113 cm³/mol. The number of alkyl halides is 3. The molecule has 5 nitrogen and oxygen atoms in total. The lowest BCUT2D eigenvalue weighted by Gasteiger charge is -2.12. The molecule has 0 aliphatic rings. The average molecular weight is 461 g/mol. The lowest BCUT2D eigenvalue weighted by Crippen LogP contribution is -2.23. The summed E-state index contributed by atoms with van der Waals surface area (Å²) in [6, 6.07) is 17.3. The Bertz CT molecular complexity index is 1280. The average Bonchev–Trinajstić information content (AvgIpc) is 2.73. The first-order valence-electron chi connectivity index (χ1n) is 9.40. The van der Waals surface area contributed by atoms with Crippen LogP contribution in [0.5, 0.6) is 0 Å². The van der Waals surface area contributed by atoms with Crippen LogP contribution in [-0.4, -0.2) is 25.6 Å². The number of aryl methyl sites for hydroxylation is 1. The van der Waals surface area contributed by atoms with Crippen molar-refractivity contribution in [2.75, 3.05) is 5.32 Å². The van der Waals surface area contributed by atoms with Crippen LogP contribution >= 0.6 is 0 Å². The van der Waals surface area contributed by atoms with Crippen LogP contribution in [0.15, 0.2) is 77.7 Å². The Balaban J connectivity index is 1.85. The summed E-state index contributed by atoms with van der Waals surface area (Å²) >= 11 is 0. The molecule has 0 radical (unpaired) electrons. The SMILES string of the molecule is Cc1ccccc1C(=O)Nc1ccccc1C(=O)Cc1cccc(S(=O)(=O)C(F)(F)F)c1. The molecule has 0 saturated heterocycles. The third-order valence-corrected chi connectivity index (χ3v) is 6.23. The number of benzene rings is 3. The molecule has 32 heavy (non-hydrogen) atoms. The van der Waals surface area contributed by atoms with E-state index in [0.29, 0.717) is 5.56 Å². The van der Waals surface area contributed by atoms with Crippen molar-refractivity contribution in [1.82, 2.24) is 0 Å². The van der Waals surface area contributed by atoms with E-state index < -0.39 is 31.9 Å². The Morgan fingerprint density at radius 1 is 0.875 bits per heavy atom. The smallest absolute Gasteiger partial charge is 0.321 e. The summed E-state index contributed by atoms with van der Waals surface area (Å²) in [7, 11) is -5.53. The van der Waals surface area contributed by atoms with Gasteiger partial charge in [-0.3, -0.25) is 9.59 Å². The number of amides is 1. The van der Waals surface area contributed by atoms with Crippen LogP contribution in [0.2, 0.25) is 0 Å².